The summed E-state index contributed by atoms with van der Waals surface area (Å²) < 4.78 is 58.3. The van der Waals surface area contributed by atoms with Crippen LogP contribution in [-0.2, 0) is 15.2 Å². The Morgan fingerprint density at radius 3 is 2.07 bits per heavy atom. The van der Waals surface area contributed by atoms with E-state index >= 15 is 0 Å². The minimum absolute atomic E-state index is 0.343. The molecule has 0 bridgehead atoms. The van der Waals surface area contributed by atoms with E-state index in [4.69, 9.17) is 22.3 Å². The van der Waals surface area contributed by atoms with Gasteiger partial charge in [0.05, 0.1) is 10.5 Å². The molecule has 0 atom stereocenters. The third-order valence-corrected chi connectivity index (χ3v) is 3.03. The predicted molar refractivity (Wildman–Crippen MR) is 49.5 cm³/mol. The van der Waals surface area contributed by atoms with Gasteiger partial charge in [-0.05, 0) is 18.2 Å². The first-order valence-electron chi connectivity index (χ1n) is 3.43. The molecular formula is C7H3Cl2F3O2S. The summed E-state index contributed by atoms with van der Waals surface area (Å²) >= 11 is 5.34. The standard InChI is InChI=1S/C7H3Cl2F3O2S/c8-5-1-4(7(10,11)12)2-6(3-5)15(9,13)14/h1-3H. The van der Waals surface area contributed by atoms with Crippen molar-refractivity contribution in [1.29, 1.82) is 0 Å². The molecule has 84 valence electrons. The van der Waals surface area contributed by atoms with Crippen LogP contribution in [0.25, 0.3) is 0 Å². The van der Waals surface area contributed by atoms with Gasteiger partial charge in [0, 0.05) is 15.7 Å². The average molecular weight is 279 g/mol. The second-order valence-corrected chi connectivity index (χ2v) is 5.61. The SMILES string of the molecule is O=S(=O)(Cl)c1cc(Cl)cc(C(F)(F)F)c1. The van der Waals surface area contributed by atoms with E-state index in [1.165, 1.54) is 0 Å². The Balaban J connectivity index is 3.43. The molecule has 1 rings (SSSR count). The average Bonchev–Trinajstić information content (AvgIpc) is 1.99. The van der Waals surface area contributed by atoms with Crippen molar-refractivity contribution in [3.63, 3.8) is 0 Å². The maximum atomic E-state index is 12.2. The van der Waals surface area contributed by atoms with Crippen LogP contribution in [0.3, 0.4) is 0 Å². The zero-order valence-electron chi connectivity index (χ0n) is 6.85. The summed E-state index contributed by atoms with van der Waals surface area (Å²) in [7, 11) is 0.678. The van der Waals surface area contributed by atoms with E-state index < -0.39 is 25.7 Å². The van der Waals surface area contributed by atoms with Gasteiger partial charge in [-0.3, -0.25) is 0 Å². The first kappa shape index (κ1) is 12.6. The summed E-state index contributed by atoms with van der Waals surface area (Å²) in [6, 6.07) is 1.89. The highest BCUT2D eigenvalue weighted by Gasteiger charge is 2.32. The van der Waals surface area contributed by atoms with Gasteiger partial charge in [0.25, 0.3) is 9.05 Å². The number of alkyl halides is 3. The van der Waals surface area contributed by atoms with E-state index in [1.54, 1.807) is 0 Å². The lowest BCUT2D eigenvalue weighted by Gasteiger charge is -2.08. The highest BCUT2D eigenvalue weighted by molar-refractivity contribution is 8.13. The van der Waals surface area contributed by atoms with Crippen molar-refractivity contribution in [2.75, 3.05) is 0 Å². The molecule has 8 heteroatoms. The quantitative estimate of drug-likeness (QED) is 0.739. The molecule has 2 nitrogen and oxygen atoms in total. The molecule has 0 unspecified atom stereocenters. The molecule has 0 aromatic heterocycles. The van der Waals surface area contributed by atoms with Crippen LogP contribution in [0.15, 0.2) is 23.1 Å². The normalized spacial score (nSPS) is 12.9. The fourth-order valence-electron chi connectivity index (χ4n) is 0.867. The molecular weight excluding hydrogens is 276 g/mol. The second kappa shape index (κ2) is 3.84. The molecule has 15 heavy (non-hydrogen) atoms. The number of hydrogen-bond acceptors (Lipinski definition) is 2. The van der Waals surface area contributed by atoms with Gasteiger partial charge in [0.15, 0.2) is 0 Å². The van der Waals surface area contributed by atoms with E-state index in [-0.39, 0.29) is 5.02 Å². The molecule has 0 fully saturated rings. The van der Waals surface area contributed by atoms with Crippen LogP contribution in [-0.4, -0.2) is 8.42 Å². The Bertz CT molecular complexity index is 481. The van der Waals surface area contributed by atoms with Crippen molar-refractivity contribution in [3.8, 4) is 0 Å². The molecule has 0 aliphatic carbocycles. The summed E-state index contributed by atoms with van der Waals surface area (Å²) in [5, 5.41) is -0.343. The second-order valence-electron chi connectivity index (χ2n) is 2.61. The maximum Gasteiger partial charge on any atom is 0.416 e. The molecule has 0 saturated heterocycles. The van der Waals surface area contributed by atoms with Crippen LogP contribution >= 0.6 is 22.3 Å². The number of hydrogen-bond donors (Lipinski definition) is 0. The van der Waals surface area contributed by atoms with E-state index in [9.17, 15) is 21.6 Å². The van der Waals surface area contributed by atoms with Crippen molar-refractivity contribution in [3.05, 3.63) is 28.8 Å². The molecule has 0 heterocycles. The third kappa shape index (κ3) is 3.25. The minimum atomic E-state index is -4.67. The van der Waals surface area contributed by atoms with Gasteiger partial charge in [-0.1, -0.05) is 11.6 Å². The smallest absolute Gasteiger partial charge is 0.207 e. The van der Waals surface area contributed by atoms with Gasteiger partial charge in [0.2, 0.25) is 0 Å². The lowest BCUT2D eigenvalue weighted by Crippen LogP contribution is -2.06. The van der Waals surface area contributed by atoms with Gasteiger partial charge in [0.1, 0.15) is 0 Å². The summed E-state index contributed by atoms with van der Waals surface area (Å²) in [5.41, 5.74) is -1.16. The van der Waals surface area contributed by atoms with Crippen LogP contribution in [0.1, 0.15) is 5.56 Å². The lowest BCUT2D eigenvalue weighted by atomic mass is 10.2. The lowest BCUT2D eigenvalue weighted by molar-refractivity contribution is -0.137. The van der Waals surface area contributed by atoms with E-state index in [2.05, 4.69) is 0 Å². The first-order chi connectivity index (χ1) is 6.60. The Morgan fingerprint density at radius 2 is 1.67 bits per heavy atom. The number of benzene rings is 1. The summed E-state index contributed by atoms with van der Waals surface area (Å²) in [6.07, 6.45) is -4.67. The third-order valence-electron chi connectivity index (χ3n) is 1.48. The van der Waals surface area contributed by atoms with Crippen LogP contribution in [0.2, 0.25) is 5.02 Å². The fraction of sp³-hybridized carbons (Fsp3) is 0.143. The molecule has 1 aromatic rings. The van der Waals surface area contributed by atoms with Gasteiger partial charge in [-0.2, -0.15) is 13.2 Å². The van der Waals surface area contributed by atoms with E-state index in [1.807, 2.05) is 0 Å². The maximum absolute atomic E-state index is 12.2. The van der Waals surface area contributed by atoms with Crippen molar-refractivity contribution in [2.45, 2.75) is 11.1 Å². The zero-order valence-corrected chi connectivity index (χ0v) is 9.17. The molecule has 0 radical (unpaired) electrons. The monoisotopic (exact) mass is 278 g/mol. The molecule has 0 aliphatic rings. The summed E-state index contributed by atoms with van der Waals surface area (Å²) in [6.45, 7) is 0. The van der Waals surface area contributed by atoms with Gasteiger partial charge in [-0.25, -0.2) is 8.42 Å². The molecule has 0 spiro atoms. The predicted octanol–water partition coefficient (Wildman–Crippen LogP) is 3.29. The Labute approximate surface area is 93.0 Å². The van der Waals surface area contributed by atoms with Crippen molar-refractivity contribution >= 4 is 31.3 Å². The highest BCUT2D eigenvalue weighted by atomic mass is 35.7. The molecule has 0 amide bonds. The van der Waals surface area contributed by atoms with Crippen LogP contribution in [0, 0.1) is 0 Å². The first-order valence-corrected chi connectivity index (χ1v) is 6.12. The van der Waals surface area contributed by atoms with Crippen LogP contribution in [0.5, 0.6) is 0 Å². The Morgan fingerprint density at radius 1 is 1.13 bits per heavy atom. The Kier molecular flexibility index (Phi) is 3.23. The van der Waals surface area contributed by atoms with Crippen molar-refractivity contribution in [2.24, 2.45) is 0 Å². The number of halogens is 5. The van der Waals surface area contributed by atoms with Crippen molar-refractivity contribution < 1.29 is 21.6 Å². The summed E-state index contributed by atoms with van der Waals surface area (Å²) in [4.78, 5) is -0.677. The van der Waals surface area contributed by atoms with Crippen LogP contribution < -0.4 is 0 Å². The van der Waals surface area contributed by atoms with Crippen molar-refractivity contribution in [1.82, 2.24) is 0 Å². The van der Waals surface area contributed by atoms with Crippen LogP contribution in [0.4, 0.5) is 13.2 Å². The zero-order chi connectivity index (χ0) is 11.9. The largest absolute Gasteiger partial charge is 0.416 e. The fourth-order valence-corrected chi connectivity index (χ4v) is 1.97. The molecule has 0 aliphatic heterocycles. The van der Waals surface area contributed by atoms with Gasteiger partial charge < -0.3 is 0 Å². The van der Waals surface area contributed by atoms with E-state index in [0.717, 1.165) is 6.07 Å². The topological polar surface area (TPSA) is 34.1 Å². The van der Waals surface area contributed by atoms with E-state index in [0.29, 0.717) is 12.1 Å². The number of rotatable bonds is 1. The molecule has 1 aromatic carbocycles. The van der Waals surface area contributed by atoms with Gasteiger partial charge in [-0.15, -0.1) is 0 Å². The highest BCUT2D eigenvalue weighted by Crippen LogP contribution is 2.33. The minimum Gasteiger partial charge on any atom is -0.207 e. The molecule has 0 N–H and O–H groups in total. The molecule has 0 saturated carbocycles. The Hall–Kier alpha value is -0.460. The van der Waals surface area contributed by atoms with Gasteiger partial charge >= 0.3 is 6.18 Å². The summed E-state index contributed by atoms with van der Waals surface area (Å²) in [5.74, 6) is 0.